The molecule has 0 saturated heterocycles. The lowest BCUT2D eigenvalue weighted by Gasteiger charge is -2.16. The number of nitrogens with one attached hydrogen (secondary N) is 1. The van der Waals surface area contributed by atoms with E-state index >= 15 is 0 Å². The number of carbonyl (C=O) groups is 2. The van der Waals surface area contributed by atoms with Crippen LogP contribution in [0.15, 0.2) is 24.3 Å². The van der Waals surface area contributed by atoms with Gasteiger partial charge >= 0.3 is 5.97 Å². The molecule has 19 heavy (non-hydrogen) atoms. The maximum absolute atomic E-state index is 11.8. The number of benzene rings is 1. The van der Waals surface area contributed by atoms with Crippen LogP contribution in [-0.2, 0) is 20.7 Å². The van der Waals surface area contributed by atoms with Gasteiger partial charge in [-0.25, -0.2) is 4.79 Å². The van der Waals surface area contributed by atoms with Crippen molar-refractivity contribution in [3.63, 3.8) is 0 Å². The Kier molecular flexibility index (Phi) is 4.79. The van der Waals surface area contributed by atoms with Crippen LogP contribution in [0.5, 0.6) is 0 Å². The molecule has 1 aromatic rings. The summed E-state index contributed by atoms with van der Waals surface area (Å²) in [6.07, 6.45) is 2.30. The van der Waals surface area contributed by atoms with Gasteiger partial charge in [-0.05, 0) is 53.1 Å². The number of methoxy groups -OCH3 is 1. The van der Waals surface area contributed by atoms with Crippen molar-refractivity contribution in [3.05, 3.63) is 33.4 Å². The fourth-order valence-corrected chi connectivity index (χ4v) is 2.48. The van der Waals surface area contributed by atoms with Gasteiger partial charge in [-0.15, -0.1) is 0 Å². The molecule has 1 saturated carbocycles. The lowest BCUT2D eigenvalue weighted by Crippen LogP contribution is -2.43. The van der Waals surface area contributed by atoms with Crippen molar-refractivity contribution in [2.75, 3.05) is 7.11 Å². The Balaban J connectivity index is 2.04. The van der Waals surface area contributed by atoms with Gasteiger partial charge in [0.15, 0.2) is 0 Å². The summed E-state index contributed by atoms with van der Waals surface area (Å²) in [5, 5.41) is 2.78. The van der Waals surface area contributed by atoms with Crippen LogP contribution in [-0.4, -0.2) is 25.0 Å². The standard InChI is InChI=1S/C14H16INO3/c1-19-14(18)12(16-13(17)10-5-6-10)8-9-3-2-4-11(15)7-9/h2-4,7,10,12H,5-6,8H2,1H3,(H,16,17)/t12-/m0/s1. The summed E-state index contributed by atoms with van der Waals surface area (Å²) < 4.78 is 5.86. The quantitative estimate of drug-likeness (QED) is 0.634. The number of amides is 1. The molecule has 0 aliphatic heterocycles. The molecular formula is C14H16INO3. The van der Waals surface area contributed by atoms with E-state index in [0.717, 1.165) is 22.0 Å². The van der Waals surface area contributed by atoms with Gasteiger partial charge in [0.2, 0.25) is 5.91 Å². The second-order valence-electron chi connectivity index (χ2n) is 4.69. The fraction of sp³-hybridized carbons (Fsp3) is 0.429. The molecule has 1 aliphatic rings. The fourth-order valence-electron chi connectivity index (χ4n) is 1.87. The number of ether oxygens (including phenoxy) is 1. The molecule has 1 amide bonds. The van der Waals surface area contributed by atoms with Gasteiger partial charge in [0.25, 0.3) is 0 Å². The van der Waals surface area contributed by atoms with E-state index in [1.54, 1.807) is 0 Å². The lowest BCUT2D eigenvalue weighted by atomic mass is 10.1. The number of hydrogen-bond acceptors (Lipinski definition) is 3. The topological polar surface area (TPSA) is 55.4 Å². The maximum atomic E-state index is 11.8. The number of hydrogen-bond donors (Lipinski definition) is 1. The van der Waals surface area contributed by atoms with Crippen molar-refractivity contribution < 1.29 is 14.3 Å². The average molecular weight is 373 g/mol. The average Bonchev–Trinajstić information content (AvgIpc) is 3.21. The van der Waals surface area contributed by atoms with Gasteiger partial charge in [-0.2, -0.15) is 0 Å². The van der Waals surface area contributed by atoms with Gasteiger partial charge in [0.1, 0.15) is 6.04 Å². The predicted octanol–water partition coefficient (Wildman–Crippen LogP) is 1.90. The summed E-state index contributed by atoms with van der Waals surface area (Å²) in [5.74, 6) is -0.350. The minimum atomic E-state index is -0.601. The summed E-state index contributed by atoms with van der Waals surface area (Å²) in [6, 6.07) is 7.27. The van der Waals surface area contributed by atoms with Crippen LogP contribution in [0.2, 0.25) is 0 Å². The van der Waals surface area contributed by atoms with E-state index < -0.39 is 12.0 Å². The van der Waals surface area contributed by atoms with Crippen molar-refractivity contribution in [1.29, 1.82) is 0 Å². The van der Waals surface area contributed by atoms with Crippen molar-refractivity contribution >= 4 is 34.5 Å². The van der Waals surface area contributed by atoms with Crippen LogP contribution in [0.4, 0.5) is 0 Å². The SMILES string of the molecule is COC(=O)[C@H](Cc1cccc(I)c1)NC(=O)C1CC1. The van der Waals surface area contributed by atoms with E-state index in [-0.39, 0.29) is 11.8 Å². The summed E-state index contributed by atoms with van der Waals surface area (Å²) >= 11 is 2.22. The smallest absolute Gasteiger partial charge is 0.328 e. The van der Waals surface area contributed by atoms with Gasteiger partial charge in [0, 0.05) is 15.9 Å². The van der Waals surface area contributed by atoms with Crippen LogP contribution in [0.3, 0.4) is 0 Å². The van der Waals surface area contributed by atoms with E-state index in [0.29, 0.717) is 6.42 Å². The van der Waals surface area contributed by atoms with Gasteiger partial charge < -0.3 is 10.1 Å². The molecule has 0 spiro atoms. The van der Waals surface area contributed by atoms with Crippen molar-refractivity contribution in [3.8, 4) is 0 Å². The molecule has 1 N–H and O–H groups in total. The summed E-state index contributed by atoms with van der Waals surface area (Å²) in [6.45, 7) is 0. The first kappa shape index (κ1) is 14.3. The molecule has 1 atom stereocenters. The molecule has 1 aromatic carbocycles. The van der Waals surface area contributed by atoms with E-state index in [4.69, 9.17) is 4.74 Å². The Labute approximate surface area is 126 Å². The van der Waals surface area contributed by atoms with Gasteiger partial charge in [-0.3, -0.25) is 4.79 Å². The molecule has 0 unspecified atom stereocenters. The molecule has 4 nitrogen and oxygen atoms in total. The third-order valence-electron chi connectivity index (χ3n) is 3.08. The number of carbonyl (C=O) groups excluding carboxylic acids is 2. The summed E-state index contributed by atoms with van der Waals surface area (Å²) in [5.41, 5.74) is 1.01. The largest absolute Gasteiger partial charge is 0.467 e. The second kappa shape index (κ2) is 6.36. The number of halogens is 1. The summed E-state index contributed by atoms with van der Waals surface area (Å²) in [4.78, 5) is 23.5. The zero-order valence-electron chi connectivity index (χ0n) is 10.7. The Morgan fingerprint density at radius 3 is 2.79 bits per heavy atom. The third kappa shape index (κ3) is 4.19. The monoisotopic (exact) mass is 373 g/mol. The van der Waals surface area contributed by atoms with E-state index in [1.165, 1.54) is 7.11 Å². The van der Waals surface area contributed by atoms with Crippen molar-refractivity contribution in [2.45, 2.75) is 25.3 Å². The molecule has 0 heterocycles. The lowest BCUT2D eigenvalue weighted by molar-refractivity contribution is -0.145. The second-order valence-corrected chi connectivity index (χ2v) is 5.94. The number of rotatable bonds is 5. The molecule has 0 aromatic heterocycles. The minimum absolute atomic E-state index is 0.0407. The Morgan fingerprint density at radius 2 is 2.21 bits per heavy atom. The first-order chi connectivity index (χ1) is 9.10. The number of esters is 1. The van der Waals surface area contributed by atoms with Gasteiger partial charge in [0.05, 0.1) is 7.11 Å². The van der Waals surface area contributed by atoms with Crippen LogP contribution in [0.1, 0.15) is 18.4 Å². The first-order valence-corrected chi connectivity index (χ1v) is 7.30. The molecule has 5 heteroatoms. The minimum Gasteiger partial charge on any atom is -0.467 e. The Bertz CT molecular complexity index is 485. The molecule has 1 aliphatic carbocycles. The third-order valence-corrected chi connectivity index (χ3v) is 3.75. The summed E-state index contributed by atoms with van der Waals surface area (Å²) in [7, 11) is 1.34. The Morgan fingerprint density at radius 1 is 1.47 bits per heavy atom. The van der Waals surface area contributed by atoms with E-state index in [1.807, 2.05) is 24.3 Å². The van der Waals surface area contributed by atoms with E-state index in [2.05, 4.69) is 27.9 Å². The van der Waals surface area contributed by atoms with Crippen LogP contribution >= 0.6 is 22.6 Å². The molecule has 102 valence electrons. The maximum Gasteiger partial charge on any atom is 0.328 e. The molecule has 0 bridgehead atoms. The van der Waals surface area contributed by atoms with E-state index in [9.17, 15) is 9.59 Å². The van der Waals surface area contributed by atoms with Gasteiger partial charge in [-0.1, -0.05) is 12.1 Å². The van der Waals surface area contributed by atoms with Crippen molar-refractivity contribution in [1.82, 2.24) is 5.32 Å². The first-order valence-electron chi connectivity index (χ1n) is 6.23. The molecule has 0 radical (unpaired) electrons. The van der Waals surface area contributed by atoms with Crippen LogP contribution in [0, 0.1) is 9.49 Å². The molecular weight excluding hydrogens is 357 g/mol. The normalized spacial score (nSPS) is 15.7. The molecule has 1 fully saturated rings. The Hall–Kier alpha value is -1.11. The van der Waals surface area contributed by atoms with Crippen LogP contribution < -0.4 is 5.32 Å². The molecule has 2 rings (SSSR count). The zero-order valence-corrected chi connectivity index (χ0v) is 12.8. The zero-order chi connectivity index (χ0) is 13.8. The van der Waals surface area contributed by atoms with Crippen molar-refractivity contribution in [2.24, 2.45) is 5.92 Å². The van der Waals surface area contributed by atoms with Crippen LogP contribution in [0.25, 0.3) is 0 Å². The predicted molar refractivity (Wildman–Crippen MR) is 79.5 cm³/mol. The highest BCUT2D eigenvalue weighted by atomic mass is 127. The highest BCUT2D eigenvalue weighted by Gasteiger charge is 2.32. The highest BCUT2D eigenvalue weighted by molar-refractivity contribution is 14.1. The highest BCUT2D eigenvalue weighted by Crippen LogP contribution is 2.29.